The molecule has 0 radical (unpaired) electrons. The molecule has 0 amide bonds. The van der Waals surface area contributed by atoms with Crippen molar-refractivity contribution in [1.29, 1.82) is 0 Å². The molecule has 2 unspecified atom stereocenters. The monoisotopic (exact) mass is 574 g/mol. The number of rotatable bonds is 4. The van der Waals surface area contributed by atoms with Gasteiger partial charge in [0.1, 0.15) is 0 Å². The Balaban J connectivity index is 0.00000144. The second kappa shape index (κ2) is 10.4. The minimum Gasteiger partial charge on any atom is -1.00 e. The smallest absolute Gasteiger partial charge is 1.00 e. The molecule has 5 heteroatoms. The average Bonchev–Trinajstić information content (AvgIpc) is 3.45. The maximum atomic E-state index is 2.61. The van der Waals surface area contributed by atoms with Crippen molar-refractivity contribution in [3.05, 3.63) is 106 Å². The molecule has 0 saturated heterocycles. The van der Waals surface area contributed by atoms with Gasteiger partial charge in [-0.25, -0.2) is 0 Å². The standard InChI is InChI=1S/C15H14P.C9H7S.C3H6.2ClH.Zr/c1-11-8-13-10-12(2)16(15(13)9-11)14-6-4-3-5-7-14;1-10-9-6-5-7-3-2-4-8(7)9;1-3-2;;;/h3-7,9-10,12H,1-2H3;2-3,5-6H,1H3;1-2H3;2*1H;/q;;;;;+2/p-2. The summed E-state index contributed by atoms with van der Waals surface area (Å²) in [5.41, 5.74) is 6.74. The van der Waals surface area contributed by atoms with Crippen LogP contribution in [0.4, 0.5) is 0 Å². The fourth-order valence-electron chi connectivity index (χ4n) is 5.08. The fraction of sp³-hybridized carbons (Fsp3) is 0.222. The van der Waals surface area contributed by atoms with Crippen molar-refractivity contribution in [1.82, 2.24) is 0 Å². The van der Waals surface area contributed by atoms with Crippen LogP contribution in [0.25, 0.3) is 0 Å². The molecule has 2 atom stereocenters. The third-order valence-electron chi connectivity index (χ3n) is 6.29. The Morgan fingerprint density at radius 2 is 1.75 bits per heavy atom. The van der Waals surface area contributed by atoms with Gasteiger partial charge in [0.25, 0.3) is 0 Å². The predicted octanol–water partition coefficient (Wildman–Crippen LogP) is 1.14. The van der Waals surface area contributed by atoms with Gasteiger partial charge in [-0.05, 0) is 0 Å². The molecule has 1 heterocycles. The number of thioether (sulfide) groups is 1. The van der Waals surface area contributed by atoms with E-state index in [-0.39, 0.29) is 32.7 Å². The van der Waals surface area contributed by atoms with Crippen molar-refractivity contribution in [2.75, 3.05) is 6.26 Å². The number of hydrogen-bond donors (Lipinski definition) is 0. The van der Waals surface area contributed by atoms with Gasteiger partial charge in [-0.15, -0.1) is 0 Å². The van der Waals surface area contributed by atoms with Gasteiger partial charge in [0, 0.05) is 0 Å². The Labute approximate surface area is 218 Å². The Bertz CT molecular complexity index is 1210. The summed E-state index contributed by atoms with van der Waals surface area (Å²) >= 11 is -0.284. The maximum absolute atomic E-state index is 2.61. The SMILES string of the molecule is CSC1=C2C(=CC=[C]2[Zr+2]([C]2=C(C)C=C3C2=CC(C)P3c2ccccc2)=[C](C)C)C=C1.[Cl-].[Cl-]. The van der Waals surface area contributed by atoms with Crippen LogP contribution in [0.2, 0.25) is 0 Å². The molecule has 0 N–H and O–H groups in total. The molecule has 0 saturated carbocycles. The van der Waals surface area contributed by atoms with Crippen LogP contribution in [0.15, 0.2) is 106 Å². The molecule has 0 aromatic heterocycles. The van der Waals surface area contributed by atoms with E-state index in [2.05, 4.69) is 101 Å². The number of allylic oxidation sites excluding steroid dienone is 13. The summed E-state index contributed by atoms with van der Waals surface area (Å²) in [5.74, 6) is 0. The van der Waals surface area contributed by atoms with Crippen LogP contribution in [0.1, 0.15) is 27.7 Å². The van der Waals surface area contributed by atoms with E-state index in [0.29, 0.717) is 5.66 Å². The van der Waals surface area contributed by atoms with Crippen molar-refractivity contribution in [2.24, 2.45) is 0 Å². The van der Waals surface area contributed by atoms with Crippen molar-refractivity contribution >= 4 is 28.2 Å². The first-order valence-electron chi connectivity index (χ1n) is 10.6. The Morgan fingerprint density at radius 1 is 1.03 bits per heavy atom. The molecule has 164 valence electrons. The topological polar surface area (TPSA) is 0 Å². The van der Waals surface area contributed by atoms with Gasteiger partial charge in [0.2, 0.25) is 0 Å². The maximum Gasteiger partial charge on any atom is -1.00 e. The van der Waals surface area contributed by atoms with E-state index in [1.807, 2.05) is 11.8 Å². The summed E-state index contributed by atoms with van der Waals surface area (Å²) < 4.78 is 5.09. The van der Waals surface area contributed by atoms with Gasteiger partial charge >= 0.3 is 195 Å². The first kappa shape index (κ1) is 26.1. The normalized spacial score (nSPS) is 22.2. The molecule has 1 aromatic carbocycles. The zero-order chi connectivity index (χ0) is 21.0. The minimum absolute atomic E-state index is 0. The fourth-order valence-corrected chi connectivity index (χ4v) is 16.4. The molecular weight excluding hydrogens is 549 g/mol. The Kier molecular flexibility index (Phi) is 8.50. The molecule has 0 nitrogen and oxygen atoms in total. The second-order valence-corrected chi connectivity index (χ2v) is 18.7. The molecule has 1 aliphatic heterocycles. The molecule has 32 heavy (non-hydrogen) atoms. The van der Waals surface area contributed by atoms with Crippen molar-refractivity contribution in [3.8, 4) is 0 Å². The van der Waals surface area contributed by atoms with E-state index in [1.54, 1.807) is 26.2 Å². The Morgan fingerprint density at radius 3 is 2.41 bits per heavy atom. The molecule has 3 aliphatic carbocycles. The van der Waals surface area contributed by atoms with E-state index in [9.17, 15) is 0 Å². The van der Waals surface area contributed by atoms with Crippen molar-refractivity contribution in [3.63, 3.8) is 0 Å². The minimum atomic E-state index is -2.18. The quantitative estimate of drug-likeness (QED) is 0.485. The predicted molar refractivity (Wildman–Crippen MR) is 134 cm³/mol. The first-order chi connectivity index (χ1) is 14.5. The number of halogens is 2. The second-order valence-electron chi connectivity index (χ2n) is 8.47. The molecule has 0 fully saturated rings. The molecule has 4 aliphatic rings. The van der Waals surface area contributed by atoms with E-state index in [1.165, 1.54) is 21.4 Å². The third kappa shape index (κ3) is 4.21. The van der Waals surface area contributed by atoms with Gasteiger partial charge in [0.15, 0.2) is 0 Å². The largest absolute Gasteiger partial charge is 1.00 e. The van der Waals surface area contributed by atoms with Crippen molar-refractivity contribution < 1.29 is 46.1 Å². The zero-order valence-electron chi connectivity index (χ0n) is 19.0. The number of hydrogen-bond acceptors (Lipinski definition) is 1. The van der Waals surface area contributed by atoms with Crippen molar-refractivity contribution in [2.45, 2.75) is 33.4 Å². The molecular formula is C27H27Cl2PSZr. The number of benzene rings is 1. The third-order valence-corrected chi connectivity index (χ3v) is 17.4. The summed E-state index contributed by atoms with van der Waals surface area (Å²) in [6.07, 6.45) is 16.8. The van der Waals surface area contributed by atoms with E-state index < -0.39 is 21.3 Å². The van der Waals surface area contributed by atoms with Crippen LogP contribution in [-0.4, -0.2) is 15.1 Å². The van der Waals surface area contributed by atoms with Gasteiger partial charge in [-0.1, -0.05) is 0 Å². The average molecular weight is 577 g/mol. The van der Waals surface area contributed by atoms with Crippen LogP contribution in [0.3, 0.4) is 0 Å². The van der Waals surface area contributed by atoms with E-state index in [0.717, 1.165) is 0 Å². The van der Waals surface area contributed by atoms with Gasteiger partial charge in [-0.3, -0.25) is 0 Å². The molecule has 1 aromatic rings. The summed E-state index contributed by atoms with van der Waals surface area (Å²) in [6, 6.07) is 11.2. The molecule has 5 rings (SSSR count). The van der Waals surface area contributed by atoms with Crippen LogP contribution < -0.4 is 30.1 Å². The van der Waals surface area contributed by atoms with Crippen LogP contribution in [0.5, 0.6) is 0 Å². The van der Waals surface area contributed by atoms with E-state index >= 15 is 0 Å². The summed E-state index contributed by atoms with van der Waals surface area (Å²) in [6.45, 7) is 9.58. The molecule has 0 bridgehead atoms. The van der Waals surface area contributed by atoms with Gasteiger partial charge < -0.3 is 24.8 Å². The summed E-state index contributed by atoms with van der Waals surface area (Å²) in [7, 11) is -0.286. The van der Waals surface area contributed by atoms with Crippen LogP contribution in [-0.2, 0) is 21.3 Å². The first-order valence-corrected chi connectivity index (χ1v) is 16.9. The summed E-state index contributed by atoms with van der Waals surface area (Å²) in [4.78, 5) is 1.45. The van der Waals surface area contributed by atoms with Crippen LogP contribution in [0, 0.1) is 0 Å². The number of fused-ring (bicyclic) bond motifs is 2. The van der Waals surface area contributed by atoms with E-state index in [4.69, 9.17) is 0 Å². The van der Waals surface area contributed by atoms with Gasteiger partial charge in [0.05, 0.1) is 0 Å². The zero-order valence-corrected chi connectivity index (χ0v) is 24.7. The van der Waals surface area contributed by atoms with Crippen LogP contribution >= 0.6 is 19.7 Å². The Hall–Kier alpha value is -0.487. The molecule has 0 spiro atoms. The van der Waals surface area contributed by atoms with Gasteiger partial charge in [-0.2, -0.15) is 0 Å². The summed E-state index contributed by atoms with van der Waals surface area (Å²) in [5, 5.41) is 3.15.